The Morgan fingerprint density at radius 2 is 1.83 bits per heavy atom. The largest absolute Gasteiger partial charge is 0.354 e. The lowest BCUT2D eigenvalue weighted by molar-refractivity contribution is -0.121. The molecule has 0 atom stereocenters. The van der Waals surface area contributed by atoms with Gasteiger partial charge in [0.15, 0.2) is 0 Å². The highest BCUT2D eigenvalue weighted by atomic mass is 16.1. The highest BCUT2D eigenvalue weighted by Crippen LogP contribution is 2.10. The number of hydrogen-bond acceptors (Lipinski definition) is 1. The molecule has 0 aliphatic rings. The minimum absolute atomic E-state index is 0.0729. The molecule has 0 aliphatic carbocycles. The average Bonchev–Trinajstić information content (AvgIpc) is 1.84. The third kappa shape index (κ3) is 4.94. The normalized spacial score (nSPS) is 10.5. The Labute approximate surface area is 75.0 Å². The van der Waals surface area contributed by atoms with Crippen LogP contribution in [0, 0.1) is 5.92 Å². The lowest BCUT2D eigenvalue weighted by Crippen LogP contribution is -2.30. The highest BCUT2D eigenvalue weighted by molar-refractivity contribution is 5.78. The molecule has 0 saturated carbocycles. The quantitative estimate of drug-likeness (QED) is 0.642. The first-order valence-corrected chi connectivity index (χ1v) is 4.40. The van der Waals surface area contributed by atoms with Crippen LogP contribution in [0.3, 0.4) is 0 Å². The number of amides is 1. The number of carbonyl (C=O) groups excluding carboxylic acids is 1. The fourth-order valence-electron chi connectivity index (χ4n) is 0.783. The monoisotopic (exact) mass is 169 g/mol. The van der Waals surface area contributed by atoms with Crippen molar-refractivity contribution in [3.63, 3.8) is 0 Å². The van der Waals surface area contributed by atoms with Crippen LogP contribution in [0.1, 0.15) is 34.1 Å². The Bertz CT molecular complexity index is 171. The van der Waals surface area contributed by atoms with Crippen LogP contribution in [0.4, 0.5) is 0 Å². The summed E-state index contributed by atoms with van der Waals surface area (Å²) in [5, 5.41) is 2.83. The Morgan fingerprint density at radius 3 is 2.17 bits per heavy atom. The van der Waals surface area contributed by atoms with Gasteiger partial charge in [-0.1, -0.05) is 26.0 Å². The number of carbonyl (C=O) groups is 1. The lowest BCUT2D eigenvalue weighted by atomic mass is 10.0. The molecule has 0 rings (SSSR count). The van der Waals surface area contributed by atoms with Crippen LogP contribution in [0.15, 0.2) is 12.2 Å². The van der Waals surface area contributed by atoms with Gasteiger partial charge < -0.3 is 5.32 Å². The minimum Gasteiger partial charge on any atom is -0.354 e. The second-order valence-electron chi connectivity index (χ2n) is 3.71. The second-order valence-corrected chi connectivity index (χ2v) is 3.71. The minimum atomic E-state index is 0.0729. The lowest BCUT2D eigenvalue weighted by Gasteiger charge is -2.11. The van der Waals surface area contributed by atoms with Crippen LogP contribution in [-0.4, -0.2) is 11.9 Å². The topological polar surface area (TPSA) is 29.1 Å². The van der Waals surface area contributed by atoms with Gasteiger partial charge in [-0.15, -0.1) is 0 Å². The van der Waals surface area contributed by atoms with Gasteiger partial charge in [-0.05, 0) is 19.8 Å². The molecule has 0 saturated heterocycles. The summed E-state index contributed by atoms with van der Waals surface area (Å²) in [5.74, 6) is 0.464. The predicted octanol–water partition coefficient (Wildman–Crippen LogP) is 2.11. The summed E-state index contributed by atoms with van der Waals surface area (Å²) in [6, 6.07) is 0.220. The molecule has 0 aromatic rings. The van der Waals surface area contributed by atoms with E-state index in [1.807, 2.05) is 27.7 Å². The van der Waals surface area contributed by atoms with Crippen LogP contribution in [0.5, 0.6) is 0 Å². The van der Waals surface area contributed by atoms with E-state index in [1.165, 1.54) is 0 Å². The molecule has 0 heterocycles. The van der Waals surface area contributed by atoms with E-state index in [1.54, 1.807) is 0 Å². The van der Waals surface area contributed by atoms with Gasteiger partial charge in [-0.3, -0.25) is 4.79 Å². The first kappa shape index (κ1) is 11.2. The molecule has 0 aromatic heterocycles. The Hall–Kier alpha value is -0.790. The molecular formula is C10H19NO. The number of nitrogens with one attached hydrogen (secondary N) is 1. The van der Waals surface area contributed by atoms with Crippen molar-refractivity contribution >= 4 is 5.91 Å². The Balaban J connectivity index is 3.77. The van der Waals surface area contributed by atoms with Gasteiger partial charge in [0.1, 0.15) is 0 Å². The van der Waals surface area contributed by atoms with Gasteiger partial charge in [-0.25, -0.2) is 0 Å². The van der Waals surface area contributed by atoms with Crippen molar-refractivity contribution in [3.05, 3.63) is 12.2 Å². The van der Waals surface area contributed by atoms with Gasteiger partial charge in [-0.2, -0.15) is 0 Å². The first-order valence-electron chi connectivity index (χ1n) is 4.40. The Kier molecular flexibility index (Phi) is 4.64. The molecule has 0 spiro atoms. The van der Waals surface area contributed by atoms with E-state index >= 15 is 0 Å². The maximum absolute atomic E-state index is 11.2. The smallest absolute Gasteiger partial charge is 0.224 e. The van der Waals surface area contributed by atoms with Gasteiger partial charge in [0, 0.05) is 12.5 Å². The summed E-state index contributed by atoms with van der Waals surface area (Å²) < 4.78 is 0. The third-order valence-electron chi connectivity index (χ3n) is 1.65. The first-order chi connectivity index (χ1) is 5.43. The van der Waals surface area contributed by atoms with Crippen LogP contribution >= 0.6 is 0 Å². The van der Waals surface area contributed by atoms with Crippen molar-refractivity contribution in [2.75, 3.05) is 0 Å². The highest BCUT2D eigenvalue weighted by Gasteiger charge is 2.07. The number of hydrogen-bond donors (Lipinski definition) is 1. The molecule has 0 aromatic carbocycles. The van der Waals surface area contributed by atoms with E-state index in [-0.39, 0.29) is 11.9 Å². The maximum Gasteiger partial charge on any atom is 0.224 e. The van der Waals surface area contributed by atoms with Gasteiger partial charge >= 0.3 is 0 Å². The molecule has 0 aliphatic heterocycles. The third-order valence-corrected chi connectivity index (χ3v) is 1.65. The molecule has 1 amide bonds. The zero-order valence-electron chi connectivity index (χ0n) is 8.48. The fourth-order valence-corrected chi connectivity index (χ4v) is 0.783. The van der Waals surface area contributed by atoms with Crippen molar-refractivity contribution in [1.82, 2.24) is 5.32 Å². The predicted molar refractivity (Wildman–Crippen MR) is 51.9 cm³/mol. The van der Waals surface area contributed by atoms with Crippen LogP contribution in [0.2, 0.25) is 0 Å². The SMILES string of the molecule is C=C(CC(=O)NC(C)C)C(C)C. The van der Waals surface area contributed by atoms with Crippen molar-refractivity contribution in [2.45, 2.75) is 40.2 Å². The molecule has 70 valence electrons. The van der Waals surface area contributed by atoms with Crippen LogP contribution in [0.25, 0.3) is 0 Å². The van der Waals surface area contributed by atoms with E-state index in [9.17, 15) is 4.79 Å². The van der Waals surface area contributed by atoms with Gasteiger partial charge in [0.2, 0.25) is 5.91 Å². The van der Waals surface area contributed by atoms with E-state index in [2.05, 4.69) is 11.9 Å². The summed E-state index contributed by atoms with van der Waals surface area (Å²) in [5.41, 5.74) is 0.994. The standard InChI is InChI=1S/C10H19NO/c1-7(2)9(5)6-10(12)11-8(3)4/h7-8H,5-6H2,1-4H3,(H,11,12). The molecule has 0 bridgehead atoms. The van der Waals surface area contributed by atoms with Crippen molar-refractivity contribution < 1.29 is 4.79 Å². The van der Waals surface area contributed by atoms with E-state index in [0.29, 0.717) is 12.3 Å². The van der Waals surface area contributed by atoms with Crippen LogP contribution in [-0.2, 0) is 4.79 Å². The second kappa shape index (κ2) is 4.96. The molecule has 0 unspecified atom stereocenters. The Morgan fingerprint density at radius 1 is 1.33 bits per heavy atom. The molecule has 2 heteroatoms. The van der Waals surface area contributed by atoms with Crippen molar-refractivity contribution in [3.8, 4) is 0 Å². The summed E-state index contributed by atoms with van der Waals surface area (Å²) in [6.07, 6.45) is 0.454. The molecule has 0 radical (unpaired) electrons. The zero-order chi connectivity index (χ0) is 9.72. The average molecular weight is 169 g/mol. The molecule has 0 fully saturated rings. The van der Waals surface area contributed by atoms with E-state index in [0.717, 1.165) is 5.57 Å². The molecular weight excluding hydrogens is 150 g/mol. The van der Waals surface area contributed by atoms with E-state index < -0.39 is 0 Å². The van der Waals surface area contributed by atoms with Crippen molar-refractivity contribution in [2.24, 2.45) is 5.92 Å². The zero-order valence-corrected chi connectivity index (χ0v) is 8.48. The maximum atomic E-state index is 11.2. The molecule has 2 nitrogen and oxygen atoms in total. The summed E-state index contributed by atoms with van der Waals surface area (Å²) in [6.45, 7) is 11.8. The summed E-state index contributed by atoms with van der Waals surface area (Å²) in [4.78, 5) is 11.2. The summed E-state index contributed by atoms with van der Waals surface area (Å²) in [7, 11) is 0. The van der Waals surface area contributed by atoms with Gasteiger partial charge in [0.05, 0.1) is 0 Å². The van der Waals surface area contributed by atoms with Gasteiger partial charge in [0.25, 0.3) is 0 Å². The number of rotatable bonds is 4. The molecule has 12 heavy (non-hydrogen) atoms. The summed E-state index contributed by atoms with van der Waals surface area (Å²) >= 11 is 0. The fraction of sp³-hybridized carbons (Fsp3) is 0.700. The van der Waals surface area contributed by atoms with E-state index in [4.69, 9.17) is 0 Å². The molecule has 1 N–H and O–H groups in total. The van der Waals surface area contributed by atoms with Crippen LogP contribution < -0.4 is 5.32 Å². The van der Waals surface area contributed by atoms with Crippen molar-refractivity contribution in [1.29, 1.82) is 0 Å².